The number of likely N-dealkylation sites (tertiary alicyclic amines) is 1. The first-order valence-corrected chi connectivity index (χ1v) is 10.6. The third-order valence-electron chi connectivity index (χ3n) is 4.91. The van der Waals surface area contributed by atoms with Gasteiger partial charge in [-0.15, -0.1) is 0 Å². The highest BCUT2D eigenvalue weighted by atomic mass is 79.9. The number of methoxy groups -OCH3 is 1. The molecule has 7 nitrogen and oxygen atoms in total. The normalized spacial score (nSPS) is 18.4. The van der Waals surface area contributed by atoms with Gasteiger partial charge in [0, 0.05) is 57.0 Å². The molecule has 4 amide bonds. The van der Waals surface area contributed by atoms with E-state index >= 15 is 0 Å². The lowest BCUT2D eigenvalue weighted by molar-refractivity contribution is 0.116. The highest BCUT2D eigenvalue weighted by Crippen LogP contribution is 2.31. The zero-order valence-corrected chi connectivity index (χ0v) is 18.8. The average Bonchev–Trinajstić information content (AvgIpc) is 3.52. The van der Waals surface area contributed by atoms with Gasteiger partial charge in [0.2, 0.25) is 0 Å². The van der Waals surface area contributed by atoms with Crippen LogP contribution in [0.3, 0.4) is 0 Å². The fourth-order valence-electron chi connectivity index (χ4n) is 3.43. The molecule has 1 aliphatic carbocycles. The van der Waals surface area contributed by atoms with Crippen LogP contribution in [-0.2, 0) is 11.3 Å². The smallest absolute Gasteiger partial charge is 0.318 e. The van der Waals surface area contributed by atoms with E-state index in [9.17, 15) is 14.0 Å². The summed E-state index contributed by atoms with van der Waals surface area (Å²) in [6.07, 6.45) is 3.72. The number of carbonyl (C=O) groups is 2. The molecular formula is C20H30BrFN4O3. The summed E-state index contributed by atoms with van der Waals surface area (Å²) in [6.45, 7) is 1.39. The Morgan fingerprint density at radius 1 is 1.28 bits per heavy atom. The molecule has 1 aromatic rings. The summed E-state index contributed by atoms with van der Waals surface area (Å²) in [5, 5.41) is 5.50. The Hall–Kier alpha value is -1.87. The molecule has 2 aliphatic rings. The second kappa shape index (κ2) is 11.3. The van der Waals surface area contributed by atoms with Crippen molar-refractivity contribution >= 4 is 28.0 Å². The average molecular weight is 473 g/mol. The topological polar surface area (TPSA) is 73.9 Å². The largest absolute Gasteiger partial charge is 0.388 e. The highest BCUT2D eigenvalue weighted by Gasteiger charge is 2.39. The van der Waals surface area contributed by atoms with Crippen LogP contribution in [0, 0.1) is 5.82 Å². The molecule has 0 radical (unpaired) electrons. The number of halogens is 2. The Morgan fingerprint density at radius 3 is 2.55 bits per heavy atom. The van der Waals surface area contributed by atoms with Gasteiger partial charge in [0.25, 0.3) is 0 Å². The Balaban J connectivity index is 0.000000941. The third-order valence-corrected chi connectivity index (χ3v) is 5.40. The van der Waals surface area contributed by atoms with Crippen LogP contribution in [0.1, 0.15) is 31.2 Å². The maximum absolute atomic E-state index is 14.0. The number of ether oxygens (including phenoxy) is 1. The quantitative estimate of drug-likeness (QED) is 0.705. The number of hydrogen-bond donors (Lipinski definition) is 2. The van der Waals surface area contributed by atoms with Crippen molar-refractivity contribution in [3.63, 3.8) is 0 Å². The van der Waals surface area contributed by atoms with Crippen molar-refractivity contribution in [3.05, 3.63) is 34.1 Å². The van der Waals surface area contributed by atoms with E-state index < -0.39 is 0 Å². The number of rotatable bonds is 4. The van der Waals surface area contributed by atoms with Crippen molar-refractivity contribution in [1.82, 2.24) is 20.4 Å². The van der Waals surface area contributed by atoms with Gasteiger partial charge in [0.1, 0.15) is 5.82 Å². The van der Waals surface area contributed by atoms with Crippen LogP contribution >= 0.6 is 15.9 Å². The molecule has 2 N–H and O–H groups in total. The molecule has 29 heavy (non-hydrogen) atoms. The van der Waals surface area contributed by atoms with Gasteiger partial charge in [0.05, 0.1) is 6.04 Å². The Bertz CT molecular complexity index is 702. The van der Waals surface area contributed by atoms with E-state index in [4.69, 9.17) is 0 Å². The molecule has 0 aromatic heterocycles. The van der Waals surface area contributed by atoms with E-state index in [0.29, 0.717) is 23.1 Å². The number of hydrogen-bond acceptors (Lipinski definition) is 3. The van der Waals surface area contributed by atoms with Gasteiger partial charge in [-0.1, -0.05) is 22.0 Å². The maximum Gasteiger partial charge on any atom is 0.318 e. The second-order valence-electron chi connectivity index (χ2n) is 7.24. The molecule has 1 aliphatic heterocycles. The Morgan fingerprint density at radius 2 is 1.97 bits per heavy atom. The number of nitrogens with one attached hydrogen (secondary N) is 2. The second-order valence-corrected chi connectivity index (χ2v) is 8.15. The van der Waals surface area contributed by atoms with Crippen molar-refractivity contribution in [2.45, 2.75) is 44.3 Å². The molecule has 1 saturated carbocycles. The van der Waals surface area contributed by atoms with Gasteiger partial charge in [-0.2, -0.15) is 0 Å². The molecule has 0 spiro atoms. The van der Waals surface area contributed by atoms with Crippen LogP contribution in [0.25, 0.3) is 0 Å². The maximum atomic E-state index is 14.0. The SMILES string of the molecule is CNC(=O)N1CCC[C@H](N(C(=O)NCc2ccc(Br)cc2F)C2CC2)C1.COC. The lowest BCUT2D eigenvalue weighted by Crippen LogP contribution is -2.56. The zero-order valence-electron chi connectivity index (χ0n) is 17.2. The van der Waals surface area contributed by atoms with E-state index in [0.717, 1.165) is 25.7 Å². The van der Waals surface area contributed by atoms with E-state index in [1.54, 1.807) is 38.3 Å². The minimum atomic E-state index is -0.346. The standard InChI is InChI=1S/C18H24BrFN4O2.C2H6O/c1-21-17(25)23-8-2-3-15(11-23)24(14-6-7-14)18(26)22-10-12-4-5-13(19)9-16(12)20;1-3-2/h4-5,9,14-15H,2-3,6-8,10-11H2,1H3,(H,21,25)(H,22,26);1-2H3/t15-;/m0./s1. The molecule has 1 aromatic carbocycles. The summed E-state index contributed by atoms with van der Waals surface area (Å²) in [4.78, 5) is 28.3. The number of amides is 4. The number of nitrogens with zero attached hydrogens (tertiary/aromatic N) is 2. The Labute approximate surface area is 180 Å². The van der Waals surface area contributed by atoms with E-state index in [2.05, 4.69) is 31.3 Å². The molecule has 0 bridgehead atoms. The number of piperidine rings is 1. The van der Waals surface area contributed by atoms with Crippen LogP contribution in [-0.4, -0.2) is 68.3 Å². The summed E-state index contributed by atoms with van der Waals surface area (Å²) in [7, 11) is 4.87. The van der Waals surface area contributed by atoms with Gasteiger partial charge in [-0.3, -0.25) is 0 Å². The van der Waals surface area contributed by atoms with Crippen molar-refractivity contribution in [1.29, 1.82) is 0 Å². The first kappa shape index (κ1) is 23.4. The summed E-state index contributed by atoms with van der Waals surface area (Å²) in [5.41, 5.74) is 0.452. The summed E-state index contributed by atoms with van der Waals surface area (Å²) >= 11 is 3.23. The first-order valence-electron chi connectivity index (χ1n) is 9.78. The molecule has 0 unspecified atom stereocenters. The molecule has 1 atom stereocenters. The summed E-state index contributed by atoms with van der Waals surface area (Å²) < 4.78 is 18.9. The van der Waals surface area contributed by atoms with Crippen LogP contribution in [0.5, 0.6) is 0 Å². The number of urea groups is 2. The first-order chi connectivity index (χ1) is 13.9. The van der Waals surface area contributed by atoms with Gasteiger partial charge < -0.3 is 25.2 Å². The zero-order chi connectivity index (χ0) is 21.4. The minimum absolute atomic E-state index is 0.00307. The van der Waals surface area contributed by atoms with Crippen LogP contribution in [0.2, 0.25) is 0 Å². The lowest BCUT2D eigenvalue weighted by Gasteiger charge is -2.39. The van der Waals surface area contributed by atoms with E-state index in [1.807, 2.05) is 4.90 Å². The van der Waals surface area contributed by atoms with Gasteiger partial charge in [-0.25, -0.2) is 14.0 Å². The van der Waals surface area contributed by atoms with Gasteiger partial charge >= 0.3 is 12.1 Å². The molecule has 1 heterocycles. The molecule has 1 saturated heterocycles. The summed E-state index contributed by atoms with van der Waals surface area (Å²) in [6, 6.07) is 4.74. The van der Waals surface area contributed by atoms with Crippen LogP contribution in [0.15, 0.2) is 22.7 Å². The van der Waals surface area contributed by atoms with Crippen LogP contribution in [0.4, 0.5) is 14.0 Å². The summed E-state index contributed by atoms with van der Waals surface area (Å²) in [5.74, 6) is -0.346. The fourth-order valence-corrected chi connectivity index (χ4v) is 3.77. The van der Waals surface area contributed by atoms with Crippen molar-refractivity contribution in [2.75, 3.05) is 34.4 Å². The Kier molecular flexibility index (Phi) is 9.16. The molecule has 9 heteroatoms. The molecule has 2 fully saturated rings. The predicted octanol–water partition coefficient (Wildman–Crippen LogP) is 3.33. The van der Waals surface area contributed by atoms with Crippen molar-refractivity contribution in [2.24, 2.45) is 0 Å². The minimum Gasteiger partial charge on any atom is -0.388 e. The molecule has 3 rings (SSSR count). The van der Waals surface area contributed by atoms with Gasteiger partial charge in [-0.05, 0) is 37.8 Å². The van der Waals surface area contributed by atoms with Crippen LogP contribution < -0.4 is 10.6 Å². The van der Waals surface area contributed by atoms with E-state index in [-0.39, 0.29) is 36.5 Å². The number of carbonyl (C=O) groups excluding carboxylic acids is 2. The highest BCUT2D eigenvalue weighted by molar-refractivity contribution is 9.10. The lowest BCUT2D eigenvalue weighted by atomic mass is 10.0. The molecule has 162 valence electrons. The van der Waals surface area contributed by atoms with Crippen molar-refractivity contribution in [3.8, 4) is 0 Å². The van der Waals surface area contributed by atoms with E-state index in [1.165, 1.54) is 6.07 Å². The predicted molar refractivity (Wildman–Crippen MR) is 113 cm³/mol. The molecular weight excluding hydrogens is 443 g/mol. The third kappa shape index (κ3) is 6.85. The monoisotopic (exact) mass is 472 g/mol. The van der Waals surface area contributed by atoms with Gasteiger partial charge in [0.15, 0.2) is 0 Å². The number of benzene rings is 1. The fraction of sp³-hybridized carbons (Fsp3) is 0.600. The van der Waals surface area contributed by atoms with Crippen molar-refractivity contribution < 1.29 is 18.7 Å².